The number of fused-ring (bicyclic) bond motifs is 1. The minimum absolute atomic E-state index is 0.208. The van der Waals surface area contributed by atoms with Gasteiger partial charge in [-0.3, -0.25) is 23.5 Å². The summed E-state index contributed by atoms with van der Waals surface area (Å²) < 4.78 is 26.6. The number of amides is 1. The number of anilines is 1. The molecule has 2 aromatic rings. The third-order valence-corrected chi connectivity index (χ3v) is 5.96. The molecule has 1 amide bonds. The van der Waals surface area contributed by atoms with Crippen molar-refractivity contribution < 1.29 is 23.1 Å². The first-order chi connectivity index (χ1) is 12.2. The fourth-order valence-electron chi connectivity index (χ4n) is 2.73. The smallest absolute Gasteiger partial charge is 0.332 e. The van der Waals surface area contributed by atoms with Crippen LogP contribution in [0.1, 0.15) is 5.56 Å². The molecule has 1 aliphatic heterocycles. The van der Waals surface area contributed by atoms with Gasteiger partial charge in [0.15, 0.2) is 4.90 Å². The molecule has 0 aliphatic carbocycles. The van der Waals surface area contributed by atoms with Crippen LogP contribution < -0.4 is 16.6 Å². The van der Waals surface area contributed by atoms with E-state index in [0.29, 0.717) is 10.1 Å². The molecule has 0 radical (unpaired) electrons. The Morgan fingerprint density at radius 3 is 2.38 bits per heavy atom. The number of sulfone groups is 1. The summed E-state index contributed by atoms with van der Waals surface area (Å²) >= 11 is 0. The predicted molar refractivity (Wildman–Crippen MR) is 88.7 cm³/mol. The lowest BCUT2D eigenvalue weighted by Gasteiger charge is -2.24. The quantitative estimate of drug-likeness (QED) is 0.636. The molecule has 136 valence electrons. The highest BCUT2D eigenvalue weighted by Gasteiger charge is 2.48. The zero-order valence-electron chi connectivity index (χ0n) is 13.4. The highest BCUT2D eigenvalue weighted by atomic mass is 32.2. The van der Waals surface area contributed by atoms with Gasteiger partial charge in [-0.25, -0.2) is 13.2 Å². The van der Waals surface area contributed by atoms with Gasteiger partial charge in [-0.05, 0) is 5.56 Å². The maximum Gasteiger partial charge on any atom is 0.332 e. The van der Waals surface area contributed by atoms with E-state index in [1.54, 1.807) is 30.3 Å². The van der Waals surface area contributed by atoms with Crippen molar-refractivity contribution >= 4 is 27.5 Å². The summed E-state index contributed by atoms with van der Waals surface area (Å²) in [6, 6.07) is 8.37. The van der Waals surface area contributed by atoms with Crippen LogP contribution >= 0.6 is 0 Å². The lowest BCUT2D eigenvalue weighted by atomic mass is 10.2. The Bertz CT molecular complexity index is 1150. The third-order valence-electron chi connectivity index (χ3n) is 3.99. The molecule has 1 unspecified atom stereocenters. The number of carbonyl (C=O) groups excluding carboxylic acids is 1. The maximum atomic E-state index is 12.7. The summed E-state index contributed by atoms with van der Waals surface area (Å²) in [5.41, 5.74) is -1.46. The molecule has 1 aromatic heterocycles. The Kier molecular flexibility index (Phi) is 4.03. The van der Waals surface area contributed by atoms with Crippen molar-refractivity contribution in [1.29, 1.82) is 0 Å². The van der Waals surface area contributed by atoms with Crippen molar-refractivity contribution in [2.45, 2.75) is 16.7 Å². The Hall–Kier alpha value is -3.21. The molecule has 3 rings (SSSR count). The molecule has 1 atom stereocenters. The van der Waals surface area contributed by atoms with Crippen molar-refractivity contribution in [2.75, 3.05) is 5.32 Å². The van der Waals surface area contributed by atoms with Crippen LogP contribution in [0.25, 0.3) is 0 Å². The molecule has 0 saturated carbocycles. The highest BCUT2D eigenvalue weighted by Crippen LogP contribution is 2.26. The molecular weight excluding hydrogens is 366 g/mol. The number of carboxylic acid groups (broad SMARTS) is 1. The van der Waals surface area contributed by atoms with E-state index in [1.807, 2.05) is 5.32 Å². The van der Waals surface area contributed by atoms with Gasteiger partial charge in [0.25, 0.3) is 11.5 Å². The van der Waals surface area contributed by atoms with Gasteiger partial charge in [-0.15, -0.1) is 0 Å². The number of nitrogens with one attached hydrogen (secondary N) is 1. The molecule has 10 nitrogen and oxygen atoms in total. The average Bonchev–Trinajstić information content (AvgIpc) is 2.56. The molecular formula is C15H13N3O7S. The Balaban J connectivity index is 2.32. The minimum atomic E-state index is -4.82. The molecule has 2 N–H and O–H groups in total. The molecule has 11 heteroatoms. The van der Waals surface area contributed by atoms with Gasteiger partial charge >= 0.3 is 11.7 Å². The van der Waals surface area contributed by atoms with Crippen molar-refractivity contribution in [2.24, 2.45) is 7.05 Å². The van der Waals surface area contributed by atoms with E-state index in [2.05, 4.69) is 0 Å². The van der Waals surface area contributed by atoms with Gasteiger partial charge in [-0.1, -0.05) is 30.3 Å². The summed E-state index contributed by atoms with van der Waals surface area (Å²) in [5, 5.41) is 8.66. The zero-order chi connectivity index (χ0) is 19.2. The number of nitrogens with zero attached hydrogens (tertiary/aromatic N) is 2. The van der Waals surface area contributed by atoms with Crippen LogP contribution in [0.15, 0.2) is 44.8 Å². The summed E-state index contributed by atoms with van der Waals surface area (Å²) in [6.07, 6.45) is 0. The van der Waals surface area contributed by atoms with Crippen LogP contribution in [0.3, 0.4) is 0 Å². The van der Waals surface area contributed by atoms with Gasteiger partial charge < -0.3 is 10.4 Å². The molecule has 0 saturated heterocycles. The van der Waals surface area contributed by atoms with E-state index in [0.717, 1.165) is 4.57 Å². The van der Waals surface area contributed by atoms with Crippen LogP contribution in [0, 0.1) is 0 Å². The van der Waals surface area contributed by atoms with Crippen LogP contribution in [0.4, 0.5) is 5.82 Å². The standard InChI is InChI=1S/C15H13N3O7S/c1-17-11-9(26(24,25)10(14(21)22)12(19)16-11)13(20)18(15(17)23)7-8-5-3-2-4-6-8/h2-6,10H,7H2,1H3,(H,16,19)(H,21,22). The van der Waals surface area contributed by atoms with Crippen molar-refractivity contribution in [3.63, 3.8) is 0 Å². The molecule has 1 aliphatic rings. The van der Waals surface area contributed by atoms with Crippen molar-refractivity contribution in [1.82, 2.24) is 9.13 Å². The normalized spacial score (nSPS) is 18.0. The second-order valence-corrected chi connectivity index (χ2v) is 7.62. The summed E-state index contributed by atoms with van der Waals surface area (Å²) in [6.45, 7) is -0.208. The maximum absolute atomic E-state index is 12.7. The third kappa shape index (κ3) is 2.52. The molecule has 0 fully saturated rings. The first-order valence-electron chi connectivity index (χ1n) is 7.31. The molecule has 26 heavy (non-hydrogen) atoms. The molecule has 0 spiro atoms. The summed E-state index contributed by atoms with van der Waals surface area (Å²) in [4.78, 5) is 47.3. The Labute approximate surface area is 146 Å². The van der Waals surface area contributed by atoms with Crippen LogP contribution in [-0.4, -0.2) is 39.8 Å². The second-order valence-electron chi connectivity index (χ2n) is 5.65. The zero-order valence-corrected chi connectivity index (χ0v) is 14.2. The molecule has 2 heterocycles. The van der Waals surface area contributed by atoms with E-state index < -0.39 is 48.9 Å². The lowest BCUT2D eigenvalue weighted by molar-refractivity contribution is -0.139. The van der Waals surface area contributed by atoms with Crippen LogP contribution in [0.5, 0.6) is 0 Å². The number of aromatic nitrogens is 2. The SMILES string of the molecule is Cn1c2c(c(=O)n(Cc3ccccc3)c1=O)S(=O)(=O)C(C(=O)O)C(=O)N2. The number of benzene rings is 1. The average molecular weight is 379 g/mol. The Morgan fingerprint density at radius 2 is 1.81 bits per heavy atom. The van der Waals surface area contributed by atoms with E-state index in [1.165, 1.54) is 7.05 Å². The first-order valence-corrected chi connectivity index (χ1v) is 8.86. The van der Waals surface area contributed by atoms with E-state index >= 15 is 0 Å². The fraction of sp³-hybridized carbons (Fsp3) is 0.200. The van der Waals surface area contributed by atoms with Crippen molar-refractivity contribution in [3.8, 4) is 0 Å². The monoisotopic (exact) mass is 379 g/mol. The lowest BCUT2D eigenvalue weighted by Crippen LogP contribution is -2.52. The molecule has 1 aromatic carbocycles. The van der Waals surface area contributed by atoms with Gasteiger partial charge in [0.05, 0.1) is 6.54 Å². The van der Waals surface area contributed by atoms with Crippen molar-refractivity contribution in [3.05, 3.63) is 56.7 Å². The number of hydrogen-bond acceptors (Lipinski definition) is 6. The number of carboxylic acids is 1. The number of aliphatic carboxylic acids is 1. The van der Waals surface area contributed by atoms with Gasteiger partial charge in [0.1, 0.15) is 5.82 Å². The largest absolute Gasteiger partial charge is 0.480 e. The highest BCUT2D eigenvalue weighted by molar-refractivity contribution is 7.93. The minimum Gasteiger partial charge on any atom is -0.480 e. The fourth-order valence-corrected chi connectivity index (χ4v) is 4.38. The van der Waals surface area contributed by atoms with E-state index in [4.69, 9.17) is 5.11 Å². The van der Waals surface area contributed by atoms with E-state index in [9.17, 15) is 27.6 Å². The van der Waals surface area contributed by atoms with E-state index in [-0.39, 0.29) is 6.54 Å². The number of rotatable bonds is 3. The Morgan fingerprint density at radius 1 is 1.19 bits per heavy atom. The molecule has 0 bridgehead atoms. The summed E-state index contributed by atoms with van der Waals surface area (Å²) in [7, 11) is -3.64. The van der Waals surface area contributed by atoms with Gasteiger partial charge in [0.2, 0.25) is 15.1 Å². The summed E-state index contributed by atoms with van der Waals surface area (Å²) in [5.74, 6) is -3.77. The predicted octanol–water partition coefficient (Wildman–Crippen LogP) is -1.23. The first kappa shape index (κ1) is 17.6. The topological polar surface area (TPSA) is 145 Å². The van der Waals surface area contributed by atoms with Crippen LogP contribution in [0.2, 0.25) is 0 Å². The van der Waals surface area contributed by atoms with Crippen LogP contribution in [-0.2, 0) is 33.0 Å². The number of carbonyl (C=O) groups is 2. The second kappa shape index (κ2) is 5.95. The van der Waals surface area contributed by atoms with Gasteiger partial charge in [0, 0.05) is 7.05 Å². The number of hydrogen-bond donors (Lipinski definition) is 2. The van der Waals surface area contributed by atoms with Gasteiger partial charge in [-0.2, -0.15) is 0 Å².